The molecule has 1 heterocycles. The van der Waals surface area contributed by atoms with Crippen LogP contribution in [-0.4, -0.2) is 56.7 Å². The normalized spacial score (nSPS) is 20.3. The van der Waals surface area contributed by atoms with Gasteiger partial charge >= 0.3 is 0 Å². The van der Waals surface area contributed by atoms with Crippen LogP contribution >= 0.6 is 23.2 Å². The molecule has 3 N–H and O–H groups in total. The lowest BCUT2D eigenvalue weighted by Crippen LogP contribution is -2.48. The van der Waals surface area contributed by atoms with Crippen LogP contribution < -0.4 is 16.0 Å². The first-order valence-corrected chi connectivity index (χ1v) is 8.53. The molecule has 1 aromatic rings. The molecule has 0 aliphatic carbocycles. The monoisotopic (exact) mass is 403 g/mol. The first-order chi connectivity index (χ1) is 12.3. The van der Waals surface area contributed by atoms with E-state index in [1.165, 1.54) is 32.4 Å². The first-order valence-electron chi connectivity index (χ1n) is 7.77. The standard InChI is InChI=1S/C16H19Cl2N3O5/c1-19-14(22)12-6-11(7-26-12)21-16(24)13(25-2)15(23)20-10-4-8(17)3-9(18)5-10/h3-5,11-13H,6-7H2,1-2H3,(H,19,22)(H,20,23)(H,21,24). The highest BCUT2D eigenvalue weighted by Crippen LogP contribution is 2.22. The molecule has 1 aromatic carbocycles. The van der Waals surface area contributed by atoms with Gasteiger partial charge in [0.2, 0.25) is 12.0 Å². The number of ether oxygens (including phenoxy) is 2. The molecule has 0 saturated carbocycles. The summed E-state index contributed by atoms with van der Waals surface area (Å²) < 4.78 is 10.3. The van der Waals surface area contributed by atoms with E-state index in [0.29, 0.717) is 22.2 Å². The third kappa shape index (κ3) is 5.31. The van der Waals surface area contributed by atoms with Crippen molar-refractivity contribution in [1.82, 2.24) is 10.6 Å². The van der Waals surface area contributed by atoms with Crippen LogP contribution in [0.3, 0.4) is 0 Å². The molecule has 1 fully saturated rings. The highest BCUT2D eigenvalue weighted by Gasteiger charge is 2.34. The molecule has 1 saturated heterocycles. The number of carbonyl (C=O) groups excluding carboxylic acids is 3. The predicted octanol–water partition coefficient (Wildman–Crippen LogP) is 0.967. The summed E-state index contributed by atoms with van der Waals surface area (Å²) in [5.74, 6) is -1.57. The minimum absolute atomic E-state index is 0.172. The summed E-state index contributed by atoms with van der Waals surface area (Å²) in [6.07, 6.45) is -1.70. The van der Waals surface area contributed by atoms with E-state index in [1.54, 1.807) is 0 Å². The SMILES string of the molecule is CNC(=O)C1CC(NC(=O)C(OC)C(=O)Nc2cc(Cl)cc(Cl)c2)CO1. The fraction of sp³-hybridized carbons (Fsp3) is 0.438. The zero-order valence-corrected chi connectivity index (χ0v) is 15.7. The van der Waals surface area contributed by atoms with Crippen LogP contribution in [0.25, 0.3) is 0 Å². The van der Waals surface area contributed by atoms with Gasteiger partial charge in [-0.2, -0.15) is 0 Å². The summed E-state index contributed by atoms with van der Waals surface area (Å²) in [5.41, 5.74) is 0.339. The molecule has 3 amide bonds. The topological polar surface area (TPSA) is 106 Å². The number of hydrogen-bond acceptors (Lipinski definition) is 5. The minimum atomic E-state index is -1.38. The lowest BCUT2D eigenvalue weighted by atomic mass is 10.1. The van der Waals surface area contributed by atoms with Crippen molar-refractivity contribution in [3.05, 3.63) is 28.2 Å². The fourth-order valence-corrected chi connectivity index (χ4v) is 3.04. The Morgan fingerprint density at radius 1 is 1.19 bits per heavy atom. The molecule has 3 unspecified atom stereocenters. The van der Waals surface area contributed by atoms with E-state index in [2.05, 4.69) is 16.0 Å². The molecule has 10 heteroatoms. The van der Waals surface area contributed by atoms with Crippen molar-refractivity contribution in [1.29, 1.82) is 0 Å². The zero-order chi connectivity index (χ0) is 19.3. The summed E-state index contributed by atoms with van der Waals surface area (Å²) in [5, 5.41) is 8.34. The third-order valence-electron chi connectivity index (χ3n) is 3.72. The maximum atomic E-state index is 12.3. The van der Waals surface area contributed by atoms with Crippen molar-refractivity contribution in [2.24, 2.45) is 0 Å². The lowest BCUT2D eigenvalue weighted by Gasteiger charge is -2.18. The van der Waals surface area contributed by atoms with Gasteiger partial charge in [-0.05, 0) is 18.2 Å². The van der Waals surface area contributed by atoms with Crippen molar-refractivity contribution < 1.29 is 23.9 Å². The number of nitrogens with one attached hydrogen (secondary N) is 3. The van der Waals surface area contributed by atoms with E-state index >= 15 is 0 Å². The van der Waals surface area contributed by atoms with Crippen LogP contribution in [0.2, 0.25) is 10.0 Å². The molecule has 2 rings (SSSR count). The van der Waals surface area contributed by atoms with E-state index in [-0.39, 0.29) is 12.5 Å². The van der Waals surface area contributed by atoms with Gasteiger partial charge in [-0.1, -0.05) is 23.2 Å². The van der Waals surface area contributed by atoms with Crippen LogP contribution in [0.4, 0.5) is 5.69 Å². The molecule has 1 aliphatic heterocycles. The van der Waals surface area contributed by atoms with Crippen LogP contribution in [0.15, 0.2) is 18.2 Å². The van der Waals surface area contributed by atoms with Gasteiger partial charge in [0, 0.05) is 36.3 Å². The third-order valence-corrected chi connectivity index (χ3v) is 4.16. The van der Waals surface area contributed by atoms with Crippen LogP contribution in [-0.2, 0) is 23.9 Å². The van der Waals surface area contributed by atoms with Gasteiger partial charge in [-0.25, -0.2) is 0 Å². The van der Waals surface area contributed by atoms with Gasteiger partial charge in [-0.3, -0.25) is 14.4 Å². The number of amides is 3. The number of carbonyl (C=O) groups is 3. The maximum absolute atomic E-state index is 12.3. The Bertz CT molecular complexity index is 680. The number of benzene rings is 1. The van der Waals surface area contributed by atoms with Gasteiger partial charge in [-0.15, -0.1) is 0 Å². The van der Waals surface area contributed by atoms with E-state index < -0.39 is 30.1 Å². The van der Waals surface area contributed by atoms with E-state index in [0.717, 1.165) is 0 Å². The van der Waals surface area contributed by atoms with Crippen LogP contribution in [0.1, 0.15) is 6.42 Å². The van der Waals surface area contributed by atoms with Crippen LogP contribution in [0, 0.1) is 0 Å². The Labute approximate surface area is 160 Å². The molecule has 3 atom stereocenters. The number of anilines is 1. The van der Waals surface area contributed by atoms with Gasteiger partial charge < -0.3 is 25.4 Å². The molecular formula is C16H19Cl2N3O5. The number of hydrogen-bond donors (Lipinski definition) is 3. The Morgan fingerprint density at radius 2 is 1.85 bits per heavy atom. The van der Waals surface area contributed by atoms with Gasteiger partial charge in [0.25, 0.3) is 11.8 Å². The molecule has 8 nitrogen and oxygen atoms in total. The number of rotatable bonds is 6. The highest BCUT2D eigenvalue weighted by atomic mass is 35.5. The van der Waals surface area contributed by atoms with Crippen molar-refractivity contribution in [3.63, 3.8) is 0 Å². The molecule has 1 aliphatic rings. The average molecular weight is 404 g/mol. The Hall–Kier alpha value is -1.87. The van der Waals surface area contributed by atoms with E-state index in [1.807, 2.05) is 0 Å². The fourth-order valence-electron chi connectivity index (χ4n) is 2.51. The van der Waals surface area contributed by atoms with Crippen molar-refractivity contribution in [3.8, 4) is 0 Å². The number of halogens is 2. The maximum Gasteiger partial charge on any atom is 0.263 e. The predicted molar refractivity (Wildman–Crippen MR) is 96.2 cm³/mol. The quantitative estimate of drug-likeness (QED) is 0.613. The smallest absolute Gasteiger partial charge is 0.263 e. The summed E-state index contributed by atoms with van der Waals surface area (Å²) in [7, 11) is 2.75. The second-order valence-corrected chi connectivity index (χ2v) is 6.51. The molecule has 142 valence electrons. The molecular weight excluding hydrogens is 385 g/mol. The van der Waals surface area contributed by atoms with Gasteiger partial charge in [0.15, 0.2) is 0 Å². The lowest BCUT2D eigenvalue weighted by molar-refractivity contribution is -0.140. The highest BCUT2D eigenvalue weighted by molar-refractivity contribution is 6.35. The van der Waals surface area contributed by atoms with Gasteiger partial charge in [0.1, 0.15) is 6.10 Å². The van der Waals surface area contributed by atoms with Crippen molar-refractivity contribution >= 4 is 46.6 Å². The zero-order valence-electron chi connectivity index (χ0n) is 14.2. The van der Waals surface area contributed by atoms with Crippen molar-refractivity contribution in [2.45, 2.75) is 24.7 Å². The summed E-state index contributed by atoms with van der Waals surface area (Å²) >= 11 is 11.8. The molecule has 0 bridgehead atoms. The second kappa shape index (κ2) is 9.18. The second-order valence-electron chi connectivity index (χ2n) is 5.64. The van der Waals surface area contributed by atoms with Gasteiger partial charge in [0.05, 0.1) is 12.6 Å². The van der Waals surface area contributed by atoms with Crippen molar-refractivity contribution in [2.75, 3.05) is 26.1 Å². The Morgan fingerprint density at radius 3 is 2.42 bits per heavy atom. The number of likely N-dealkylation sites (N-methyl/N-ethyl adjacent to an activating group) is 1. The summed E-state index contributed by atoms with van der Waals surface area (Å²) in [6.45, 7) is 0.172. The summed E-state index contributed by atoms with van der Waals surface area (Å²) in [6, 6.07) is 4.11. The van der Waals surface area contributed by atoms with Crippen LogP contribution in [0.5, 0.6) is 0 Å². The minimum Gasteiger partial charge on any atom is -0.366 e. The Kier molecular flexibility index (Phi) is 7.22. The number of methoxy groups -OCH3 is 1. The van der Waals surface area contributed by atoms with E-state index in [4.69, 9.17) is 32.7 Å². The molecule has 0 aromatic heterocycles. The Balaban J connectivity index is 1.95. The molecule has 0 radical (unpaired) electrons. The summed E-state index contributed by atoms with van der Waals surface area (Å²) in [4.78, 5) is 36.2. The molecule has 0 spiro atoms. The first kappa shape index (κ1) is 20.4. The van der Waals surface area contributed by atoms with E-state index in [9.17, 15) is 14.4 Å². The molecule has 26 heavy (non-hydrogen) atoms. The average Bonchev–Trinajstić information content (AvgIpc) is 3.02. The largest absolute Gasteiger partial charge is 0.366 e.